The van der Waals surface area contributed by atoms with Gasteiger partial charge < -0.3 is 14.8 Å². The summed E-state index contributed by atoms with van der Waals surface area (Å²) in [7, 11) is 5.08. The second kappa shape index (κ2) is 8.25. The molecule has 0 aliphatic heterocycles. The van der Waals surface area contributed by atoms with Gasteiger partial charge in [0, 0.05) is 18.7 Å². The van der Waals surface area contributed by atoms with Crippen molar-refractivity contribution in [1.82, 2.24) is 15.1 Å². The molecule has 6 heteroatoms. The Hall–Kier alpha value is -2.50. The molecule has 1 aromatic heterocycles. The number of nitrogens with zero attached hydrogens (tertiary/aromatic N) is 2. The zero-order chi connectivity index (χ0) is 18.5. The number of ether oxygens (including phenoxy) is 2. The van der Waals surface area contributed by atoms with Crippen molar-refractivity contribution in [2.75, 3.05) is 14.2 Å². The molecule has 0 radical (unpaired) electrons. The lowest BCUT2D eigenvalue weighted by atomic mass is 10.1. The summed E-state index contributed by atoms with van der Waals surface area (Å²) < 4.78 is 12.5. The Morgan fingerprint density at radius 2 is 1.85 bits per heavy atom. The van der Waals surface area contributed by atoms with Crippen molar-refractivity contribution in [2.45, 2.75) is 44.6 Å². The number of amides is 1. The van der Waals surface area contributed by atoms with Crippen LogP contribution in [0.2, 0.25) is 0 Å². The predicted molar refractivity (Wildman–Crippen MR) is 101 cm³/mol. The molecule has 1 aromatic carbocycles. The van der Waals surface area contributed by atoms with E-state index in [9.17, 15) is 4.79 Å². The van der Waals surface area contributed by atoms with Gasteiger partial charge in [0.2, 0.25) is 0 Å². The summed E-state index contributed by atoms with van der Waals surface area (Å²) >= 11 is 0. The standard InChI is InChI=1S/C20H27N3O3/c1-23-18(16-12-15(25-2)10-11-19(16)26-3)13-17(22-23)20(24)21-14-8-6-4-5-7-9-14/h10-14H,4-9H2,1-3H3,(H,21,24). The zero-order valence-corrected chi connectivity index (χ0v) is 15.7. The van der Waals surface area contributed by atoms with Crippen molar-refractivity contribution >= 4 is 5.91 Å². The molecule has 1 amide bonds. The van der Waals surface area contributed by atoms with Gasteiger partial charge in [-0.15, -0.1) is 0 Å². The van der Waals surface area contributed by atoms with Crippen molar-refractivity contribution in [3.8, 4) is 22.8 Å². The maximum Gasteiger partial charge on any atom is 0.272 e. The fourth-order valence-corrected chi connectivity index (χ4v) is 3.53. The number of aryl methyl sites for hydroxylation is 1. The number of hydrogen-bond acceptors (Lipinski definition) is 4. The Morgan fingerprint density at radius 3 is 2.50 bits per heavy atom. The van der Waals surface area contributed by atoms with Gasteiger partial charge in [-0.25, -0.2) is 0 Å². The minimum Gasteiger partial charge on any atom is -0.497 e. The lowest BCUT2D eigenvalue weighted by molar-refractivity contribution is 0.0927. The number of hydrogen-bond donors (Lipinski definition) is 1. The summed E-state index contributed by atoms with van der Waals surface area (Å²) in [6.07, 6.45) is 6.98. The normalized spacial score (nSPS) is 15.3. The zero-order valence-electron chi connectivity index (χ0n) is 15.7. The third-order valence-corrected chi connectivity index (χ3v) is 4.99. The molecule has 0 atom stereocenters. The van der Waals surface area contributed by atoms with Gasteiger partial charge in [-0.1, -0.05) is 25.7 Å². The summed E-state index contributed by atoms with van der Waals surface area (Å²) in [5.74, 6) is 1.33. The molecule has 1 aliphatic rings. The van der Waals surface area contributed by atoms with E-state index in [0.29, 0.717) is 11.4 Å². The largest absolute Gasteiger partial charge is 0.497 e. The van der Waals surface area contributed by atoms with Crippen LogP contribution in [0.3, 0.4) is 0 Å². The van der Waals surface area contributed by atoms with Crippen LogP contribution in [0, 0.1) is 0 Å². The second-order valence-electron chi connectivity index (χ2n) is 6.77. The van der Waals surface area contributed by atoms with E-state index in [1.807, 2.05) is 31.3 Å². The molecule has 0 bridgehead atoms. The van der Waals surface area contributed by atoms with Crippen molar-refractivity contribution in [2.24, 2.45) is 7.05 Å². The van der Waals surface area contributed by atoms with Gasteiger partial charge in [-0.2, -0.15) is 5.10 Å². The Labute approximate surface area is 154 Å². The first-order valence-corrected chi connectivity index (χ1v) is 9.19. The average Bonchev–Trinajstić information content (AvgIpc) is 2.87. The van der Waals surface area contributed by atoms with E-state index in [1.54, 1.807) is 18.9 Å². The van der Waals surface area contributed by atoms with Gasteiger partial charge in [-0.3, -0.25) is 9.48 Å². The van der Waals surface area contributed by atoms with Gasteiger partial charge in [-0.05, 0) is 37.1 Å². The lowest BCUT2D eigenvalue weighted by Crippen LogP contribution is -2.34. The first kappa shape index (κ1) is 18.3. The highest BCUT2D eigenvalue weighted by Crippen LogP contribution is 2.33. The van der Waals surface area contributed by atoms with Gasteiger partial charge >= 0.3 is 0 Å². The van der Waals surface area contributed by atoms with Crippen LogP contribution in [0.15, 0.2) is 24.3 Å². The SMILES string of the molecule is COc1ccc(OC)c(-c2cc(C(=O)NC3CCCCCC3)nn2C)c1. The van der Waals surface area contributed by atoms with Gasteiger partial charge in [0.25, 0.3) is 5.91 Å². The maximum absolute atomic E-state index is 12.7. The molecule has 1 heterocycles. The van der Waals surface area contributed by atoms with E-state index in [2.05, 4.69) is 10.4 Å². The number of benzene rings is 1. The Kier molecular flexibility index (Phi) is 5.81. The quantitative estimate of drug-likeness (QED) is 0.831. The van der Waals surface area contributed by atoms with Crippen LogP contribution in [-0.4, -0.2) is 35.9 Å². The fraction of sp³-hybridized carbons (Fsp3) is 0.500. The molecule has 140 valence electrons. The summed E-state index contributed by atoms with van der Waals surface area (Å²) in [5, 5.41) is 7.56. The predicted octanol–water partition coefficient (Wildman–Crippen LogP) is 3.56. The molecule has 6 nitrogen and oxygen atoms in total. The van der Waals surface area contributed by atoms with Crippen LogP contribution in [0.4, 0.5) is 0 Å². The Morgan fingerprint density at radius 1 is 1.12 bits per heavy atom. The number of carbonyl (C=O) groups is 1. The van der Waals surface area contributed by atoms with E-state index in [-0.39, 0.29) is 11.9 Å². The number of rotatable bonds is 5. The molecular weight excluding hydrogens is 330 g/mol. The van der Waals surface area contributed by atoms with Crippen LogP contribution in [0.25, 0.3) is 11.3 Å². The van der Waals surface area contributed by atoms with Gasteiger partial charge in [0.05, 0.1) is 19.9 Å². The van der Waals surface area contributed by atoms with Crippen LogP contribution < -0.4 is 14.8 Å². The highest BCUT2D eigenvalue weighted by Gasteiger charge is 2.20. The molecule has 1 saturated carbocycles. The van der Waals surface area contributed by atoms with Crippen LogP contribution in [0.5, 0.6) is 11.5 Å². The molecule has 26 heavy (non-hydrogen) atoms. The molecule has 1 aliphatic carbocycles. The molecule has 0 saturated heterocycles. The van der Waals surface area contributed by atoms with E-state index < -0.39 is 0 Å². The lowest BCUT2D eigenvalue weighted by Gasteiger charge is -2.14. The highest BCUT2D eigenvalue weighted by molar-refractivity contribution is 5.93. The van der Waals surface area contributed by atoms with Gasteiger partial charge in [0.15, 0.2) is 5.69 Å². The third-order valence-electron chi connectivity index (χ3n) is 4.99. The van der Waals surface area contributed by atoms with Crippen LogP contribution >= 0.6 is 0 Å². The van der Waals surface area contributed by atoms with Crippen molar-refractivity contribution < 1.29 is 14.3 Å². The van der Waals surface area contributed by atoms with E-state index in [0.717, 1.165) is 29.8 Å². The molecule has 3 rings (SSSR count). The van der Waals surface area contributed by atoms with Gasteiger partial charge in [0.1, 0.15) is 11.5 Å². The average molecular weight is 357 g/mol. The molecule has 2 aromatic rings. The monoisotopic (exact) mass is 357 g/mol. The van der Waals surface area contributed by atoms with Crippen LogP contribution in [0.1, 0.15) is 49.0 Å². The van der Waals surface area contributed by atoms with Crippen molar-refractivity contribution in [3.63, 3.8) is 0 Å². The molecule has 0 unspecified atom stereocenters. The van der Waals surface area contributed by atoms with E-state index in [1.165, 1.54) is 25.7 Å². The van der Waals surface area contributed by atoms with Crippen molar-refractivity contribution in [3.05, 3.63) is 30.0 Å². The third kappa shape index (κ3) is 4.00. The summed E-state index contributed by atoms with van der Waals surface area (Å²) in [6.45, 7) is 0. The Bertz CT molecular complexity index is 762. The molecule has 1 fully saturated rings. The molecule has 0 spiro atoms. The topological polar surface area (TPSA) is 65.4 Å². The first-order valence-electron chi connectivity index (χ1n) is 9.19. The second-order valence-corrected chi connectivity index (χ2v) is 6.77. The number of nitrogens with one attached hydrogen (secondary N) is 1. The summed E-state index contributed by atoms with van der Waals surface area (Å²) in [4.78, 5) is 12.7. The first-order chi connectivity index (χ1) is 12.6. The van der Waals surface area contributed by atoms with Crippen LogP contribution in [-0.2, 0) is 7.05 Å². The molecular formula is C20H27N3O3. The molecule has 1 N–H and O–H groups in total. The highest BCUT2D eigenvalue weighted by atomic mass is 16.5. The number of aromatic nitrogens is 2. The smallest absolute Gasteiger partial charge is 0.272 e. The minimum absolute atomic E-state index is 0.111. The van der Waals surface area contributed by atoms with E-state index in [4.69, 9.17) is 9.47 Å². The fourth-order valence-electron chi connectivity index (χ4n) is 3.53. The Balaban J connectivity index is 1.83. The minimum atomic E-state index is -0.111. The summed E-state index contributed by atoms with van der Waals surface area (Å²) in [6, 6.07) is 7.65. The van der Waals surface area contributed by atoms with Crippen molar-refractivity contribution in [1.29, 1.82) is 0 Å². The summed E-state index contributed by atoms with van der Waals surface area (Å²) in [5.41, 5.74) is 2.08. The number of carbonyl (C=O) groups excluding carboxylic acids is 1. The number of methoxy groups -OCH3 is 2. The van der Waals surface area contributed by atoms with E-state index >= 15 is 0 Å². The maximum atomic E-state index is 12.7.